The summed E-state index contributed by atoms with van der Waals surface area (Å²) in [7, 11) is 0. The third-order valence-electron chi connectivity index (χ3n) is 6.33. The highest BCUT2D eigenvalue weighted by Gasteiger charge is 2.29. The highest BCUT2D eigenvalue weighted by Crippen LogP contribution is 2.36. The molecule has 39 heavy (non-hydrogen) atoms. The molecule has 1 aliphatic rings. The highest BCUT2D eigenvalue weighted by atomic mass is 19.1. The number of fused-ring (bicyclic) bond motifs is 2. The standard InChI is InChI=1S/C32H21FO6/c1-19-30(25-16-22(12-14-27(25)37-19)36-18-20-7-3-2-4-8-20)32(35)38-23-11-13-24-28(17-23)39-29(31(24)34)15-21-9-5-6-10-26(21)33/h2-17H,18H2,1H3. The molecule has 4 aromatic carbocycles. The van der Waals surface area contributed by atoms with Crippen molar-refractivity contribution in [3.05, 3.63) is 131 Å². The monoisotopic (exact) mass is 520 g/mol. The average molecular weight is 521 g/mol. The second-order valence-corrected chi connectivity index (χ2v) is 8.97. The zero-order valence-corrected chi connectivity index (χ0v) is 20.8. The molecule has 1 aliphatic heterocycles. The molecule has 7 heteroatoms. The average Bonchev–Trinajstić information content (AvgIpc) is 3.43. The van der Waals surface area contributed by atoms with Gasteiger partial charge >= 0.3 is 5.97 Å². The molecule has 0 unspecified atom stereocenters. The van der Waals surface area contributed by atoms with Gasteiger partial charge in [-0.1, -0.05) is 48.5 Å². The fourth-order valence-corrected chi connectivity index (χ4v) is 4.41. The van der Waals surface area contributed by atoms with Crippen molar-refractivity contribution in [2.45, 2.75) is 13.5 Å². The minimum absolute atomic E-state index is 0.0155. The molecule has 0 amide bonds. The van der Waals surface area contributed by atoms with Crippen LogP contribution in [0.15, 0.2) is 101 Å². The van der Waals surface area contributed by atoms with E-state index >= 15 is 0 Å². The Kier molecular flexibility index (Phi) is 6.17. The molecule has 6 nitrogen and oxygen atoms in total. The third-order valence-corrected chi connectivity index (χ3v) is 6.33. The minimum Gasteiger partial charge on any atom is -0.489 e. The predicted molar refractivity (Wildman–Crippen MR) is 142 cm³/mol. The van der Waals surface area contributed by atoms with Crippen molar-refractivity contribution in [2.75, 3.05) is 0 Å². The van der Waals surface area contributed by atoms with Crippen molar-refractivity contribution in [3.63, 3.8) is 0 Å². The summed E-state index contributed by atoms with van der Waals surface area (Å²) in [6, 6.07) is 25.6. The Hall–Kier alpha value is -5.17. The van der Waals surface area contributed by atoms with Gasteiger partial charge < -0.3 is 18.6 Å². The molecule has 0 bridgehead atoms. The molecule has 0 saturated carbocycles. The van der Waals surface area contributed by atoms with Crippen LogP contribution in [-0.2, 0) is 6.61 Å². The Balaban J connectivity index is 1.22. The number of ether oxygens (including phenoxy) is 3. The number of hydrogen-bond acceptors (Lipinski definition) is 6. The maximum atomic E-state index is 14.0. The number of esters is 1. The molecule has 0 fully saturated rings. The van der Waals surface area contributed by atoms with E-state index in [-0.39, 0.29) is 34.2 Å². The number of rotatable bonds is 6. The number of ketones is 1. The fourth-order valence-electron chi connectivity index (χ4n) is 4.41. The van der Waals surface area contributed by atoms with Crippen molar-refractivity contribution in [2.24, 2.45) is 0 Å². The zero-order valence-electron chi connectivity index (χ0n) is 20.8. The molecule has 0 aliphatic carbocycles. The van der Waals surface area contributed by atoms with Gasteiger partial charge in [-0.3, -0.25) is 4.79 Å². The fraction of sp³-hybridized carbons (Fsp3) is 0.0625. The number of halogens is 1. The lowest BCUT2D eigenvalue weighted by atomic mass is 10.1. The Bertz CT molecular complexity index is 1770. The molecule has 192 valence electrons. The molecule has 0 spiro atoms. The van der Waals surface area contributed by atoms with Crippen LogP contribution in [0.5, 0.6) is 17.2 Å². The van der Waals surface area contributed by atoms with Gasteiger partial charge in [0.2, 0.25) is 5.78 Å². The zero-order chi connectivity index (χ0) is 26.9. The topological polar surface area (TPSA) is 75.0 Å². The molecule has 2 heterocycles. The summed E-state index contributed by atoms with van der Waals surface area (Å²) in [5, 5.41) is 0.561. The summed E-state index contributed by atoms with van der Waals surface area (Å²) in [5.74, 6) is -0.106. The maximum absolute atomic E-state index is 14.0. The van der Waals surface area contributed by atoms with Crippen LogP contribution < -0.4 is 14.2 Å². The first-order valence-electron chi connectivity index (χ1n) is 12.2. The molecular formula is C32H21FO6. The van der Waals surface area contributed by atoms with Crippen LogP contribution in [0.2, 0.25) is 0 Å². The van der Waals surface area contributed by atoms with Crippen LogP contribution in [0.3, 0.4) is 0 Å². The second kappa shape index (κ2) is 9.95. The number of Topliss-reactive ketones (excluding diaryl/α,β-unsaturated/α-hetero) is 1. The van der Waals surface area contributed by atoms with Crippen molar-refractivity contribution >= 4 is 28.8 Å². The van der Waals surface area contributed by atoms with E-state index in [9.17, 15) is 14.0 Å². The number of allylic oxidation sites excluding steroid dienone is 1. The molecule has 0 atom stereocenters. The smallest absolute Gasteiger partial charge is 0.347 e. The number of carbonyl (C=O) groups is 2. The van der Waals surface area contributed by atoms with Gasteiger partial charge in [-0.25, -0.2) is 9.18 Å². The lowest BCUT2D eigenvalue weighted by molar-refractivity contribution is 0.0734. The minimum atomic E-state index is -0.627. The number of furan rings is 1. The van der Waals surface area contributed by atoms with Crippen LogP contribution in [0.25, 0.3) is 17.0 Å². The first kappa shape index (κ1) is 24.2. The molecule has 0 N–H and O–H groups in total. The quantitative estimate of drug-likeness (QED) is 0.133. The van der Waals surface area contributed by atoms with Gasteiger partial charge in [-0.2, -0.15) is 0 Å². The van der Waals surface area contributed by atoms with E-state index in [1.807, 2.05) is 30.3 Å². The van der Waals surface area contributed by atoms with E-state index in [1.165, 1.54) is 30.3 Å². The van der Waals surface area contributed by atoms with Gasteiger partial charge in [0.05, 0.1) is 5.56 Å². The molecule has 5 aromatic rings. The van der Waals surface area contributed by atoms with E-state index in [0.29, 0.717) is 34.6 Å². The highest BCUT2D eigenvalue weighted by molar-refractivity contribution is 6.14. The molecular weight excluding hydrogens is 499 g/mol. The number of carbonyl (C=O) groups excluding carboxylic acids is 2. The third kappa shape index (κ3) is 4.78. The second-order valence-electron chi connectivity index (χ2n) is 8.97. The molecule has 1 aromatic heterocycles. The normalized spacial score (nSPS) is 13.4. The van der Waals surface area contributed by atoms with E-state index in [2.05, 4.69) is 0 Å². The van der Waals surface area contributed by atoms with Crippen LogP contribution in [-0.4, -0.2) is 11.8 Å². The van der Waals surface area contributed by atoms with E-state index < -0.39 is 11.8 Å². The van der Waals surface area contributed by atoms with Gasteiger partial charge in [0.15, 0.2) is 5.76 Å². The van der Waals surface area contributed by atoms with Gasteiger partial charge in [0.25, 0.3) is 0 Å². The number of benzene rings is 4. The van der Waals surface area contributed by atoms with Gasteiger partial charge in [0.1, 0.15) is 46.6 Å². The Labute approximate surface area is 222 Å². The van der Waals surface area contributed by atoms with Gasteiger partial charge in [-0.15, -0.1) is 0 Å². The summed E-state index contributed by atoms with van der Waals surface area (Å²) in [6.07, 6.45) is 1.35. The molecule has 6 rings (SSSR count). The van der Waals surface area contributed by atoms with Gasteiger partial charge in [-0.05, 0) is 55.0 Å². The van der Waals surface area contributed by atoms with E-state index in [1.54, 1.807) is 43.3 Å². The number of hydrogen-bond donors (Lipinski definition) is 0. The number of aryl methyl sites for hydroxylation is 1. The Morgan fingerprint density at radius 1 is 0.923 bits per heavy atom. The maximum Gasteiger partial charge on any atom is 0.347 e. The van der Waals surface area contributed by atoms with Crippen molar-refractivity contribution in [1.82, 2.24) is 0 Å². The summed E-state index contributed by atoms with van der Waals surface area (Å²) in [5.41, 5.74) is 2.34. The van der Waals surface area contributed by atoms with Gasteiger partial charge in [0, 0.05) is 17.0 Å². The first-order valence-corrected chi connectivity index (χ1v) is 12.2. The first-order chi connectivity index (χ1) is 19.0. The van der Waals surface area contributed by atoms with E-state index in [0.717, 1.165) is 5.56 Å². The largest absolute Gasteiger partial charge is 0.489 e. The van der Waals surface area contributed by atoms with Crippen LogP contribution in [0.4, 0.5) is 4.39 Å². The lowest BCUT2D eigenvalue weighted by Gasteiger charge is -2.07. The summed E-state index contributed by atoms with van der Waals surface area (Å²) in [4.78, 5) is 26.0. The SMILES string of the molecule is Cc1oc2ccc(OCc3ccccc3)cc2c1C(=O)Oc1ccc2c(c1)OC(=Cc1ccccc1F)C2=O. The summed E-state index contributed by atoms with van der Waals surface area (Å²) < 4.78 is 37.1. The van der Waals surface area contributed by atoms with Crippen LogP contribution in [0, 0.1) is 12.7 Å². The summed E-state index contributed by atoms with van der Waals surface area (Å²) in [6.45, 7) is 2.06. The summed E-state index contributed by atoms with van der Waals surface area (Å²) >= 11 is 0. The Morgan fingerprint density at radius 2 is 1.69 bits per heavy atom. The van der Waals surface area contributed by atoms with E-state index in [4.69, 9.17) is 18.6 Å². The lowest BCUT2D eigenvalue weighted by Crippen LogP contribution is -2.09. The van der Waals surface area contributed by atoms with Crippen molar-refractivity contribution in [3.8, 4) is 17.2 Å². The van der Waals surface area contributed by atoms with Crippen LogP contribution >= 0.6 is 0 Å². The Morgan fingerprint density at radius 3 is 2.51 bits per heavy atom. The van der Waals surface area contributed by atoms with Crippen LogP contribution in [0.1, 0.15) is 37.6 Å². The predicted octanol–water partition coefficient (Wildman–Crippen LogP) is 7.29. The van der Waals surface area contributed by atoms with Crippen molar-refractivity contribution in [1.29, 1.82) is 0 Å². The molecule has 0 saturated heterocycles. The van der Waals surface area contributed by atoms with Crippen molar-refractivity contribution < 1.29 is 32.6 Å². The molecule has 0 radical (unpaired) electrons.